The van der Waals surface area contributed by atoms with Crippen LogP contribution in [0, 0.1) is 0 Å². The lowest BCUT2D eigenvalue weighted by Crippen LogP contribution is -2.19. The summed E-state index contributed by atoms with van der Waals surface area (Å²) in [5.74, 6) is 0.592. The Labute approximate surface area is 165 Å². The van der Waals surface area contributed by atoms with Crippen molar-refractivity contribution >= 4 is 23.4 Å². The minimum atomic E-state index is -0.511. The number of carbonyl (C=O) groups is 1. The van der Waals surface area contributed by atoms with Crippen LogP contribution in [0.5, 0.6) is 0 Å². The minimum absolute atomic E-state index is 0.144. The van der Waals surface area contributed by atoms with Crippen molar-refractivity contribution in [2.75, 3.05) is 5.32 Å². The fraction of sp³-hybridized carbons (Fsp3) is 0.100. The maximum absolute atomic E-state index is 13.0. The fourth-order valence-corrected chi connectivity index (χ4v) is 3.64. The van der Waals surface area contributed by atoms with Crippen molar-refractivity contribution in [2.24, 2.45) is 0 Å². The number of nitrogens with zero attached hydrogens (tertiary/aromatic N) is 4. The lowest BCUT2D eigenvalue weighted by molar-refractivity contribution is -0.115. The number of hydrogen-bond acceptors (Lipinski definition) is 6. The molecule has 0 fully saturated rings. The molecule has 1 N–H and O–H groups in total. The first-order valence-electron chi connectivity index (χ1n) is 8.65. The van der Waals surface area contributed by atoms with Gasteiger partial charge < -0.3 is 9.73 Å². The maximum Gasteiger partial charge on any atom is 0.242 e. The number of nitrogens with one attached hydrogen (secondary N) is 1. The quantitative estimate of drug-likeness (QED) is 0.483. The summed E-state index contributed by atoms with van der Waals surface area (Å²) in [6.45, 7) is 0.393. The van der Waals surface area contributed by atoms with E-state index in [2.05, 4.69) is 20.8 Å². The molecule has 2 aromatic heterocycles. The summed E-state index contributed by atoms with van der Waals surface area (Å²) in [5, 5.41) is 14.9. The summed E-state index contributed by atoms with van der Waals surface area (Å²) >= 11 is 1.30. The summed E-state index contributed by atoms with van der Waals surface area (Å²) in [5.41, 5.74) is 1.61. The monoisotopic (exact) mass is 391 g/mol. The summed E-state index contributed by atoms with van der Waals surface area (Å²) in [4.78, 5) is 13.0. The molecule has 0 bridgehead atoms. The van der Waals surface area contributed by atoms with Crippen LogP contribution in [0.25, 0.3) is 0 Å². The molecule has 4 aromatic rings. The first kappa shape index (κ1) is 18.0. The van der Waals surface area contributed by atoms with Crippen molar-refractivity contribution < 1.29 is 9.21 Å². The Hall–Kier alpha value is -3.39. The Balaban J connectivity index is 1.58. The van der Waals surface area contributed by atoms with Gasteiger partial charge in [0.05, 0.1) is 6.26 Å². The van der Waals surface area contributed by atoms with Crippen molar-refractivity contribution in [3.05, 3.63) is 90.4 Å². The Bertz CT molecular complexity index is 1020. The normalized spacial score (nSPS) is 11.9. The van der Waals surface area contributed by atoms with E-state index in [-0.39, 0.29) is 5.91 Å². The number of furan rings is 1. The molecule has 0 aliphatic rings. The number of hydrogen-bond donors (Lipinski definition) is 1. The number of thioether (sulfide) groups is 1. The number of carbonyl (C=O) groups excluding carboxylic acids is 1. The van der Waals surface area contributed by atoms with Gasteiger partial charge in [-0.05, 0) is 40.3 Å². The molecule has 7 nitrogen and oxygen atoms in total. The highest BCUT2D eigenvalue weighted by Gasteiger charge is 2.25. The lowest BCUT2D eigenvalue weighted by atomic mass is 10.1. The predicted octanol–water partition coefficient (Wildman–Crippen LogP) is 3.79. The second kappa shape index (κ2) is 8.53. The molecule has 0 radical (unpaired) electrons. The highest BCUT2D eigenvalue weighted by Crippen LogP contribution is 2.35. The Morgan fingerprint density at radius 3 is 2.50 bits per heavy atom. The number of amides is 1. The van der Waals surface area contributed by atoms with E-state index >= 15 is 0 Å². The molecule has 1 unspecified atom stereocenters. The molecule has 0 aliphatic carbocycles. The SMILES string of the molecule is O=C(Nc1ccccc1)C(Sc1nnnn1Cc1ccco1)c1ccccc1. The van der Waals surface area contributed by atoms with Crippen LogP contribution in [0.1, 0.15) is 16.6 Å². The molecule has 1 atom stereocenters. The number of benzene rings is 2. The molecule has 1 amide bonds. The van der Waals surface area contributed by atoms with Crippen LogP contribution in [-0.4, -0.2) is 26.1 Å². The van der Waals surface area contributed by atoms with E-state index in [9.17, 15) is 4.79 Å². The van der Waals surface area contributed by atoms with Gasteiger partial charge in [0.1, 0.15) is 17.6 Å². The van der Waals surface area contributed by atoms with Gasteiger partial charge >= 0.3 is 0 Å². The standard InChI is InChI=1S/C20H17N5O2S/c26-19(21-16-10-5-2-6-11-16)18(15-8-3-1-4-9-15)28-20-22-23-24-25(20)14-17-12-7-13-27-17/h1-13,18H,14H2,(H,21,26). The third-order valence-electron chi connectivity index (χ3n) is 3.99. The zero-order valence-corrected chi connectivity index (χ0v) is 15.6. The topological polar surface area (TPSA) is 85.8 Å². The second-order valence-corrected chi connectivity index (χ2v) is 7.03. The van der Waals surface area contributed by atoms with Gasteiger partial charge in [0.25, 0.3) is 0 Å². The van der Waals surface area contributed by atoms with Gasteiger partial charge in [-0.15, -0.1) is 5.10 Å². The Morgan fingerprint density at radius 1 is 1.04 bits per heavy atom. The zero-order chi connectivity index (χ0) is 19.2. The van der Waals surface area contributed by atoms with Crippen LogP contribution in [0.2, 0.25) is 0 Å². The average molecular weight is 391 g/mol. The summed E-state index contributed by atoms with van der Waals surface area (Å²) < 4.78 is 6.99. The first-order valence-corrected chi connectivity index (χ1v) is 9.53. The maximum atomic E-state index is 13.0. The molecule has 0 spiro atoms. The fourth-order valence-electron chi connectivity index (χ4n) is 2.67. The van der Waals surface area contributed by atoms with Gasteiger partial charge in [-0.25, -0.2) is 4.68 Å². The van der Waals surface area contributed by atoms with E-state index in [4.69, 9.17) is 4.42 Å². The Kier molecular flexibility index (Phi) is 5.48. The third-order valence-corrected chi connectivity index (χ3v) is 5.21. The van der Waals surface area contributed by atoms with Gasteiger partial charge in [-0.3, -0.25) is 4.79 Å². The highest BCUT2D eigenvalue weighted by atomic mass is 32.2. The van der Waals surface area contributed by atoms with E-state index in [1.54, 1.807) is 10.9 Å². The molecule has 4 rings (SSSR count). The molecule has 0 saturated heterocycles. The molecule has 28 heavy (non-hydrogen) atoms. The van der Waals surface area contributed by atoms with Crippen molar-refractivity contribution in [1.82, 2.24) is 20.2 Å². The highest BCUT2D eigenvalue weighted by molar-refractivity contribution is 8.00. The summed E-state index contributed by atoms with van der Waals surface area (Å²) in [6.07, 6.45) is 1.60. The van der Waals surface area contributed by atoms with Crippen LogP contribution < -0.4 is 5.32 Å². The van der Waals surface area contributed by atoms with E-state index in [0.717, 1.165) is 17.0 Å². The Morgan fingerprint density at radius 2 is 1.79 bits per heavy atom. The van der Waals surface area contributed by atoms with Crippen LogP contribution >= 0.6 is 11.8 Å². The van der Waals surface area contributed by atoms with Crippen LogP contribution in [0.3, 0.4) is 0 Å². The number of anilines is 1. The number of tetrazole rings is 1. The molecular weight excluding hydrogens is 374 g/mol. The average Bonchev–Trinajstić information content (AvgIpc) is 3.40. The van der Waals surface area contributed by atoms with Gasteiger partial charge in [0.2, 0.25) is 11.1 Å². The molecule has 0 saturated carbocycles. The number of para-hydroxylation sites is 1. The van der Waals surface area contributed by atoms with Gasteiger partial charge in [-0.2, -0.15) is 0 Å². The van der Waals surface area contributed by atoms with E-state index in [1.165, 1.54) is 11.8 Å². The molecule has 2 aromatic carbocycles. The van der Waals surface area contributed by atoms with Gasteiger partial charge in [-0.1, -0.05) is 60.3 Å². The zero-order valence-electron chi connectivity index (χ0n) is 14.8. The lowest BCUT2D eigenvalue weighted by Gasteiger charge is -2.16. The van der Waals surface area contributed by atoms with E-state index in [1.807, 2.05) is 72.8 Å². The van der Waals surface area contributed by atoms with Crippen molar-refractivity contribution in [2.45, 2.75) is 17.0 Å². The van der Waals surface area contributed by atoms with E-state index in [0.29, 0.717) is 11.7 Å². The van der Waals surface area contributed by atoms with Crippen molar-refractivity contribution in [1.29, 1.82) is 0 Å². The van der Waals surface area contributed by atoms with Crippen LogP contribution in [-0.2, 0) is 11.3 Å². The van der Waals surface area contributed by atoms with Crippen LogP contribution in [0.15, 0.2) is 88.6 Å². The molecular formula is C20H17N5O2S. The molecule has 2 heterocycles. The summed E-state index contributed by atoms with van der Waals surface area (Å²) in [6, 6.07) is 22.6. The van der Waals surface area contributed by atoms with Crippen molar-refractivity contribution in [3.63, 3.8) is 0 Å². The van der Waals surface area contributed by atoms with E-state index < -0.39 is 5.25 Å². The predicted molar refractivity (Wildman–Crippen MR) is 106 cm³/mol. The molecule has 0 aliphatic heterocycles. The third kappa shape index (κ3) is 4.29. The summed E-state index contributed by atoms with van der Waals surface area (Å²) in [7, 11) is 0. The van der Waals surface area contributed by atoms with Crippen molar-refractivity contribution in [3.8, 4) is 0 Å². The first-order chi connectivity index (χ1) is 13.8. The smallest absolute Gasteiger partial charge is 0.242 e. The molecule has 8 heteroatoms. The van der Waals surface area contributed by atoms with Gasteiger partial charge in [0.15, 0.2) is 0 Å². The number of rotatable bonds is 7. The molecule has 140 valence electrons. The number of aromatic nitrogens is 4. The van der Waals surface area contributed by atoms with Crippen LogP contribution in [0.4, 0.5) is 5.69 Å². The van der Waals surface area contributed by atoms with Gasteiger partial charge in [0, 0.05) is 5.69 Å². The minimum Gasteiger partial charge on any atom is -0.467 e. The second-order valence-electron chi connectivity index (χ2n) is 5.96. The largest absolute Gasteiger partial charge is 0.467 e.